The third-order valence-corrected chi connectivity index (χ3v) is 3.67. The highest BCUT2D eigenvalue weighted by Crippen LogP contribution is 2.29. The Morgan fingerprint density at radius 2 is 1.82 bits per heavy atom. The number of amides is 1. The van der Waals surface area contributed by atoms with Gasteiger partial charge in [-0.2, -0.15) is 0 Å². The van der Waals surface area contributed by atoms with Crippen molar-refractivity contribution in [2.45, 2.75) is 13.3 Å². The average Bonchev–Trinajstić information content (AvgIpc) is 2.52. The fourth-order valence-electron chi connectivity index (χ4n) is 2.70. The summed E-state index contributed by atoms with van der Waals surface area (Å²) in [4.78, 5) is 33.3. The molecule has 0 bridgehead atoms. The first-order valence-corrected chi connectivity index (χ1v) is 6.93. The number of hydrogen-bond donors (Lipinski definition) is 1. The Hall–Kier alpha value is -2.38. The van der Waals surface area contributed by atoms with Crippen LogP contribution in [0, 0.1) is 11.8 Å². The molecule has 1 aliphatic rings. The molecule has 2 atom stereocenters. The monoisotopic (exact) mass is 309 g/mol. The summed E-state index contributed by atoms with van der Waals surface area (Å²) in [6.07, 6.45) is 1.80. The van der Waals surface area contributed by atoms with Gasteiger partial charge in [-0.05, 0) is 12.3 Å². The molecule has 0 aromatic carbocycles. The van der Waals surface area contributed by atoms with Gasteiger partial charge in [0.25, 0.3) is 5.91 Å². The number of aromatic nitrogens is 2. The van der Waals surface area contributed by atoms with E-state index in [2.05, 4.69) is 9.97 Å². The predicted molar refractivity (Wildman–Crippen MR) is 75.9 cm³/mol. The van der Waals surface area contributed by atoms with Crippen molar-refractivity contribution in [3.63, 3.8) is 0 Å². The van der Waals surface area contributed by atoms with E-state index in [0.717, 1.165) is 0 Å². The molecule has 1 aromatic rings. The quantitative estimate of drug-likeness (QED) is 0.872. The van der Waals surface area contributed by atoms with E-state index >= 15 is 0 Å². The minimum Gasteiger partial charge on any atom is -0.481 e. The number of nitrogens with zero attached hydrogens (tertiary/aromatic N) is 3. The summed E-state index contributed by atoms with van der Waals surface area (Å²) in [6, 6.07) is 0. The zero-order valence-corrected chi connectivity index (χ0v) is 12.8. The Bertz CT molecular complexity index is 555. The molecule has 2 unspecified atom stereocenters. The van der Waals surface area contributed by atoms with Crippen LogP contribution in [0.25, 0.3) is 0 Å². The van der Waals surface area contributed by atoms with Crippen molar-refractivity contribution in [2.75, 3.05) is 27.3 Å². The van der Waals surface area contributed by atoms with Gasteiger partial charge in [-0.1, -0.05) is 6.92 Å². The van der Waals surface area contributed by atoms with Gasteiger partial charge in [0.2, 0.25) is 11.8 Å². The number of ether oxygens (including phenoxy) is 2. The van der Waals surface area contributed by atoms with Crippen molar-refractivity contribution >= 4 is 11.9 Å². The number of aliphatic carboxylic acids is 1. The minimum atomic E-state index is -0.896. The summed E-state index contributed by atoms with van der Waals surface area (Å²) in [5, 5.41) is 9.22. The number of likely N-dealkylation sites (tertiary alicyclic amines) is 1. The molecule has 1 fully saturated rings. The molecule has 1 aliphatic heterocycles. The van der Waals surface area contributed by atoms with Crippen molar-refractivity contribution in [3.8, 4) is 11.8 Å². The van der Waals surface area contributed by atoms with Gasteiger partial charge in [0, 0.05) is 13.1 Å². The van der Waals surface area contributed by atoms with Crippen LogP contribution in [0.3, 0.4) is 0 Å². The number of piperidine rings is 1. The maximum absolute atomic E-state index is 12.8. The van der Waals surface area contributed by atoms with E-state index in [1.165, 1.54) is 25.4 Å². The lowest BCUT2D eigenvalue weighted by Gasteiger charge is -2.34. The van der Waals surface area contributed by atoms with Gasteiger partial charge in [-0.3, -0.25) is 9.59 Å². The number of carbonyl (C=O) groups excluding carboxylic acids is 1. The van der Waals surface area contributed by atoms with Crippen LogP contribution in [0.1, 0.15) is 23.7 Å². The van der Waals surface area contributed by atoms with E-state index in [4.69, 9.17) is 9.47 Å². The maximum Gasteiger partial charge on any atom is 0.308 e. The van der Waals surface area contributed by atoms with Crippen LogP contribution in [0.2, 0.25) is 0 Å². The molecule has 2 rings (SSSR count). The van der Waals surface area contributed by atoms with Crippen molar-refractivity contribution < 1.29 is 24.2 Å². The standard InChI is InChI=1S/C14H19N3O5/c1-8-4-9(14(19)20)6-17(5-8)13(18)10-11(21-2)15-7-16-12(10)22-3/h7-9H,4-6H2,1-3H3,(H,19,20). The smallest absolute Gasteiger partial charge is 0.308 e. The van der Waals surface area contributed by atoms with Crippen LogP contribution in [-0.4, -0.2) is 59.2 Å². The summed E-state index contributed by atoms with van der Waals surface area (Å²) >= 11 is 0. The molecule has 120 valence electrons. The predicted octanol–water partition coefficient (Wildman–Crippen LogP) is 0.677. The Kier molecular flexibility index (Phi) is 4.79. The van der Waals surface area contributed by atoms with Crippen molar-refractivity contribution in [1.82, 2.24) is 14.9 Å². The minimum absolute atomic E-state index is 0.0976. The summed E-state index contributed by atoms with van der Waals surface area (Å²) in [6.45, 7) is 2.55. The lowest BCUT2D eigenvalue weighted by molar-refractivity contribution is -0.143. The van der Waals surface area contributed by atoms with Crippen LogP contribution in [-0.2, 0) is 4.79 Å². The largest absolute Gasteiger partial charge is 0.481 e. The Balaban J connectivity index is 2.33. The van der Waals surface area contributed by atoms with Crippen LogP contribution in [0.4, 0.5) is 0 Å². The molecule has 8 nitrogen and oxygen atoms in total. The number of hydrogen-bond acceptors (Lipinski definition) is 6. The maximum atomic E-state index is 12.8. The number of carboxylic acids is 1. The molecule has 0 aliphatic carbocycles. The lowest BCUT2D eigenvalue weighted by Crippen LogP contribution is -2.45. The number of carboxylic acid groups (broad SMARTS) is 1. The lowest BCUT2D eigenvalue weighted by atomic mass is 9.90. The van der Waals surface area contributed by atoms with E-state index in [-0.39, 0.29) is 35.7 Å². The zero-order valence-electron chi connectivity index (χ0n) is 12.8. The summed E-state index contributed by atoms with van der Waals surface area (Å²) in [5.74, 6) is -1.53. The molecule has 1 N–H and O–H groups in total. The molecule has 22 heavy (non-hydrogen) atoms. The van der Waals surface area contributed by atoms with E-state index in [1.807, 2.05) is 6.92 Å². The third kappa shape index (κ3) is 3.10. The topological polar surface area (TPSA) is 102 Å². The van der Waals surface area contributed by atoms with Gasteiger partial charge in [0.15, 0.2) is 5.56 Å². The second kappa shape index (κ2) is 6.59. The first-order chi connectivity index (χ1) is 10.5. The van der Waals surface area contributed by atoms with Crippen LogP contribution in [0.15, 0.2) is 6.33 Å². The Labute approximate surface area is 128 Å². The first kappa shape index (κ1) is 16.0. The highest BCUT2D eigenvalue weighted by atomic mass is 16.5. The van der Waals surface area contributed by atoms with Crippen LogP contribution < -0.4 is 9.47 Å². The molecule has 0 radical (unpaired) electrons. The fourth-order valence-corrected chi connectivity index (χ4v) is 2.70. The summed E-state index contributed by atoms with van der Waals surface area (Å²) < 4.78 is 10.2. The number of carbonyl (C=O) groups is 2. The molecule has 2 heterocycles. The van der Waals surface area contributed by atoms with E-state index in [1.54, 1.807) is 0 Å². The zero-order chi connectivity index (χ0) is 16.3. The van der Waals surface area contributed by atoms with E-state index in [9.17, 15) is 14.7 Å². The second-order valence-corrected chi connectivity index (χ2v) is 5.35. The highest BCUT2D eigenvalue weighted by Gasteiger charge is 2.35. The second-order valence-electron chi connectivity index (χ2n) is 5.35. The van der Waals surface area contributed by atoms with Crippen molar-refractivity contribution in [3.05, 3.63) is 11.9 Å². The van der Waals surface area contributed by atoms with E-state index in [0.29, 0.717) is 13.0 Å². The van der Waals surface area contributed by atoms with Crippen LogP contribution >= 0.6 is 0 Å². The highest BCUT2D eigenvalue weighted by molar-refractivity contribution is 5.98. The van der Waals surface area contributed by atoms with Gasteiger partial charge >= 0.3 is 5.97 Å². The molecule has 8 heteroatoms. The van der Waals surface area contributed by atoms with Gasteiger partial charge in [-0.15, -0.1) is 0 Å². The van der Waals surface area contributed by atoms with E-state index < -0.39 is 11.9 Å². The summed E-state index contributed by atoms with van der Waals surface area (Å²) in [5.41, 5.74) is 0.116. The molecule has 0 saturated carbocycles. The van der Waals surface area contributed by atoms with Crippen LogP contribution in [0.5, 0.6) is 11.8 Å². The number of rotatable bonds is 4. The van der Waals surface area contributed by atoms with Gasteiger partial charge < -0.3 is 19.5 Å². The average molecular weight is 309 g/mol. The van der Waals surface area contributed by atoms with Crippen molar-refractivity contribution in [2.24, 2.45) is 11.8 Å². The van der Waals surface area contributed by atoms with Gasteiger partial charge in [-0.25, -0.2) is 9.97 Å². The van der Waals surface area contributed by atoms with Gasteiger partial charge in [0.05, 0.1) is 20.1 Å². The molecule has 1 amide bonds. The number of methoxy groups -OCH3 is 2. The van der Waals surface area contributed by atoms with Gasteiger partial charge in [0.1, 0.15) is 6.33 Å². The SMILES string of the molecule is COc1ncnc(OC)c1C(=O)N1CC(C)CC(C(=O)O)C1. The molecule has 1 saturated heterocycles. The molecule has 0 spiro atoms. The summed E-state index contributed by atoms with van der Waals surface area (Å²) in [7, 11) is 2.80. The molecular formula is C14H19N3O5. The molecule has 1 aromatic heterocycles. The Morgan fingerprint density at radius 3 is 2.32 bits per heavy atom. The fraction of sp³-hybridized carbons (Fsp3) is 0.571. The Morgan fingerprint density at radius 1 is 1.23 bits per heavy atom. The molecular weight excluding hydrogens is 290 g/mol. The normalized spacial score (nSPS) is 21.3. The van der Waals surface area contributed by atoms with Crippen molar-refractivity contribution in [1.29, 1.82) is 0 Å². The first-order valence-electron chi connectivity index (χ1n) is 6.93. The third-order valence-electron chi connectivity index (χ3n) is 3.67.